The van der Waals surface area contributed by atoms with Crippen LogP contribution in [0.3, 0.4) is 0 Å². The fourth-order valence-corrected chi connectivity index (χ4v) is 2.10. The maximum absolute atomic E-state index is 9.08. The predicted octanol–water partition coefficient (Wildman–Crippen LogP) is 2.73. The largest absolute Gasteiger partial charge is 0.497 e. The van der Waals surface area contributed by atoms with Gasteiger partial charge in [-0.1, -0.05) is 18.2 Å². The zero-order valence-corrected chi connectivity index (χ0v) is 10.6. The highest BCUT2D eigenvalue weighted by molar-refractivity contribution is 5.82. The molecule has 1 aromatic heterocycles. The molecule has 4 nitrogen and oxygen atoms in total. The molecule has 0 saturated heterocycles. The highest BCUT2D eigenvalue weighted by Crippen LogP contribution is 2.25. The number of hydrogen-bond donors (Lipinski definition) is 2. The van der Waals surface area contributed by atoms with Gasteiger partial charge in [-0.15, -0.1) is 0 Å². The number of hydrogen-bond acceptors (Lipinski definition) is 3. The van der Waals surface area contributed by atoms with Gasteiger partial charge in [-0.2, -0.15) is 0 Å². The van der Waals surface area contributed by atoms with Crippen molar-refractivity contribution in [1.82, 2.24) is 9.97 Å². The summed E-state index contributed by atoms with van der Waals surface area (Å²) in [6.45, 7) is -0.0768. The molecule has 0 bridgehead atoms. The van der Waals surface area contributed by atoms with Crippen LogP contribution in [0.15, 0.2) is 42.5 Å². The first kappa shape index (κ1) is 11.7. The maximum atomic E-state index is 9.08. The van der Waals surface area contributed by atoms with Gasteiger partial charge < -0.3 is 14.8 Å². The number of benzene rings is 2. The highest BCUT2D eigenvalue weighted by Gasteiger charge is 2.04. The van der Waals surface area contributed by atoms with Crippen molar-refractivity contribution < 1.29 is 9.84 Å². The zero-order chi connectivity index (χ0) is 13.2. The average Bonchev–Trinajstić information content (AvgIpc) is 2.89. The van der Waals surface area contributed by atoms with Crippen LogP contribution >= 0.6 is 0 Å². The Morgan fingerprint density at radius 1 is 1.11 bits per heavy atom. The standard InChI is InChI=1S/C15H14N2O2/c1-19-12-5-2-10(3-6-12)11-4-7-13-14(8-11)17-15(9-18)16-13/h2-8,18H,9H2,1H3,(H,16,17). The Labute approximate surface area is 110 Å². The molecular formula is C15H14N2O2. The molecule has 0 spiro atoms. The minimum Gasteiger partial charge on any atom is -0.497 e. The summed E-state index contributed by atoms with van der Waals surface area (Å²) in [5.41, 5.74) is 3.99. The second kappa shape index (κ2) is 4.74. The van der Waals surface area contributed by atoms with Gasteiger partial charge in [-0.05, 0) is 35.4 Å². The van der Waals surface area contributed by atoms with E-state index in [0.29, 0.717) is 5.82 Å². The number of methoxy groups -OCH3 is 1. The van der Waals surface area contributed by atoms with Crippen LogP contribution < -0.4 is 4.74 Å². The molecule has 0 amide bonds. The predicted molar refractivity (Wildman–Crippen MR) is 74.0 cm³/mol. The van der Waals surface area contributed by atoms with E-state index in [4.69, 9.17) is 9.84 Å². The maximum Gasteiger partial charge on any atom is 0.133 e. The molecule has 0 aliphatic carbocycles. The third-order valence-corrected chi connectivity index (χ3v) is 3.11. The Bertz CT molecular complexity index is 702. The summed E-state index contributed by atoms with van der Waals surface area (Å²) in [5, 5.41) is 9.08. The molecule has 0 saturated carbocycles. The second-order valence-electron chi connectivity index (χ2n) is 4.30. The van der Waals surface area contributed by atoms with Gasteiger partial charge in [0.25, 0.3) is 0 Å². The summed E-state index contributed by atoms with van der Waals surface area (Å²) in [4.78, 5) is 7.38. The number of nitrogens with one attached hydrogen (secondary N) is 1. The van der Waals surface area contributed by atoms with Crippen molar-refractivity contribution in [1.29, 1.82) is 0 Å². The third-order valence-electron chi connectivity index (χ3n) is 3.11. The van der Waals surface area contributed by atoms with Crippen LogP contribution in [0.2, 0.25) is 0 Å². The molecule has 3 rings (SSSR count). The van der Waals surface area contributed by atoms with Gasteiger partial charge in [-0.25, -0.2) is 4.98 Å². The second-order valence-corrected chi connectivity index (χ2v) is 4.30. The third kappa shape index (κ3) is 2.18. The van der Waals surface area contributed by atoms with Gasteiger partial charge in [0.1, 0.15) is 18.2 Å². The number of fused-ring (bicyclic) bond motifs is 1. The Morgan fingerprint density at radius 2 is 1.84 bits per heavy atom. The molecule has 0 unspecified atom stereocenters. The minimum atomic E-state index is -0.0768. The lowest BCUT2D eigenvalue weighted by atomic mass is 10.1. The number of H-pyrrole nitrogens is 1. The first-order valence-electron chi connectivity index (χ1n) is 6.04. The molecule has 0 atom stereocenters. The van der Waals surface area contributed by atoms with E-state index in [1.807, 2.05) is 42.5 Å². The van der Waals surface area contributed by atoms with Crippen LogP contribution in [0.4, 0.5) is 0 Å². The SMILES string of the molecule is COc1ccc(-c2ccc3[nH]c(CO)nc3c2)cc1. The zero-order valence-electron chi connectivity index (χ0n) is 10.6. The topological polar surface area (TPSA) is 58.1 Å². The number of aliphatic hydroxyl groups excluding tert-OH is 1. The van der Waals surface area contributed by atoms with Crippen LogP contribution in [-0.2, 0) is 6.61 Å². The van der Waals surface area contributed by atoms with E-state index < -0.39 is 0 Å². The van der Waals surface area contributed by atoms with Crippen LogP contribution in [0.5, 0.6) is 5.75 Å². The Hall–Kier alpha value is -2.33. The van der Waals surface area contributed by atoms with Gasteiger partial charge in [0.2, 0.25) is 0 Å². The van der Waals surface area contributed by atoms with Crippen LogP contribution in [-0.4, -0.2) is 22.2 Å². The molecule has 0 radical (unpaired) electrons. The first-order valence-corrected chi connectivity index (χ1v) is 6.04. The van der Waals surface area contributed by atoms with Crippen molar-refractivity contribution in [2.75, 3.05) is 7.11 Å². The van der Waals surface area contributed by atoms with Gasteiger partial charge in [0.15, 0.2) is 0 Å². The minimum absolute atomic E-state index is 0.0768. The fourth-order valence-electron chi connectivity index (χ4n) is 2.10. The number of rotatable bonds is 3. The van der Waals surface area contributed by atoms with Gasteiger partial charge >= 0.3 is 0 Å². The van der Waals surface area contributed by atoms with Crippen molar-refractivity contribution >= 4 is 11.0 Å². The van der Waals surface area contributed by atoms with Crippen LogP contribution in [0.1, 0.15) is 5.82 Å². The lowest BCUT2D eigenvalue weighted by molar-refractivity contribution is 0.273. The lowest BCUT2D eigenvalue weighted by Crippen LogP contribution is -1.83. The lowest BCUT2D eigenvalue weighted by Gasteiger charge is -2.03. The molecule has 0 aliphatic heterocycles. The number of aliphatic hydroxyl groups is 1. The van der Waals surface area contributed by atoms with Crippen molar-refractivity contribution in [3.8, 4) is 16.9 Å². The van der Waals surface area contributed by atoms with Gasteiger partial charge in [0, 0.05) is 0 Å². The Kier molecular flexibility index (Phi) is 2.93. The van der Waals surface area contributed by atoms with E-state index in [1.165, 1.54) is 0 Å². The van der Waals surface area contributed by atoms with Crippen molar-refractivity contribution in [3.05, 3.63) is 48.3 Å². The van der Waals surface area contributed by atoms with Crippen molar-refractivity contribution in [3.63, 3.8) is 0 Å². The summed E-state index contributed by atoms with van der Waals surface area (Å²) < 4.78 is 5.15. The van der Waals surface area contributed by atoms with E-state index in [2.05, 4.69) is 9.97 Å². The molecule has 1 heterocycles. The molecule has 2 N–H and O–H groups in total. The van der Waals surface area contributed by atoms with Crippen molar-refractivity contribution in [2.24, 2.45) is 0 Å². The molecule has 0 fully saturated rings. The normalized spacial score (nSPS) is 10.8. The summed E-state index contributed by atoms with van der Waals surface area (Å²) in [5.74, 6) is 1.43. The van der Waals surface area contributed by atoms with Gasteiger partial charge in [-0.3, -0.25) is 0 Å². The summed E-state index contributed by atoms with van der Waals surface area (Å²) in [6.07, 6.45) is 0. The average molecular weight is 254 g/mol. The van der Waals surface area contributed by atoms with E-state index >= 15 is 0 Å². The van der Waals surface area contributed by atoms with E-state index in [-0.39, 0.29) is 6.61 Å². The molecule has 0 aliphatic rings. The van der Waals surface area contributed by atoms with E-state index in [1.54, 1.807) is 7.11 Å². The van der Waals surface area contributed by atoms with Crippen molar-refractivity contribution in [2.45, 2.75) is 6.61 Å². The quantitative estimate of drug-likeness (QED) is 0.755. The molecule has 3 aromatic rings. The highest BCUT2D eigenvalue weighted by atomic mass is 16.5. The summed E-state index contributed by atoms with van der Waals surface area (Å²) >= 11 is 0. The number of aromatic nitrogens is 2. The van der Waals surface area contributed by atoms with E-state index in [0.717, 1.165) is 27.9 Å². The Morgan fingerprint density at radius 3 is 2.53 bits per heavy atom. The first-order chi connectivity index (χ1) is 9.30. The number of aromatic amines is 1. The molecule has 19 heavy (non-hydrogen) atoms. The van der Waals surface area contributed by atoms with Crippen LogP contribution in [0, 0.1) is 0 Å². The molecule has 96 valence electrons. The summed E-state index contributed by atoms with van der Waals surface area (Å²) in [6, 6.07) is 13.9. The van der Waals surface area contributed by atoms with E-state index in [9.17, 15) is 0 Å². The fraction of sp³-hybridized carbons (Fsp3) is 0.133. The Balaban J connectivity index is 2.03. The van der Waals surface area contributed by atoms with Crippen LogP contribution in [0.25, 0.3) is 22.2 Å². The number of ether oxygens (including phenoxy) is 1. The number of nitrogens with zero attached hydrogens (tertiary/aromatic N) is 1. The number of imidazole rings is 1. The molecule has 2 aromatic carbocycles. The molecule has 4 heteroatoms. The smallest absolute Gasteiger partial charge is 0.133 e. The molecular weight excluding hydrogens is 240 g/mol. The summed E-state index contributed by atoms with van der Waals surface area (Å²) in [7, 11) is 1.65. The van der Waals surface area contributed by atoms with Gasteiger partial charge in [0.05, 0.1) is 18.1 Å². The monoisotopic (exact) mass is 254 g/mol.